The topological polar surface area (TPSA) is 38.7 Å². The Balaban J connectivity index is 2.64. The summed E-state index contributed by atoms with van der Waals surface area (Å²) in [6.07, 6.45) is -3.01. The summed E-state index contributed by atoms with van der Waals surface area (Å²) in [7, 11) is 2.82. The van der Waals surface area contributed by atoms with Gasteiger partial charge < -0.3 is 14.6 Å². The molecule has 0 aliphatic carbocycles. The van der Waals surface area contributed by atoms with Crippen LogP contribution in [0.2, 0.25) is 0 Å². The highest BCUT2D eigenvalue weighted by Crippen LogP contribution is 2.41. The van der Waals surface area contributed by atoms with E-state index in [1.165, 1.54) is 44.6 Å². The highest BCUT2D eigenvalue weighted by molar-refractivity contribution is 5.49. The first-order valence-corrected chi connectivity index (χ1v) is 6.32. The predicted octanol–water partition coefficient (Wildman–Crippen LogP) is 3.20. The zero-order valence-electron chi connectivity index (χ0n) is 11.7. The van der Waals surface area contributed by atoms with Crippen LogP contribution in [0.1, 0.15) is 11.1 Å². The Morgan fingerprint density at radius 3 is 2.19 bits per heavy atom. The molecule has 1 atom stereocenters. The minimum Gasteiger partial charge on any atom is -0.497 e. The van der Waals surface area contributed by atoms with Gasteiger partial charge in [-0.25, -0.2) is 8.78 Å². The van der Waals surface area contributed by atoms with Crippen molar-refractivity contribution in [3.8, 4) is 11.5 Å². The van der Waals surface area contributed by atoms with E-state index in [9.17, 15) is 13.9 Å². The Bertz CT molecular complexity index is 602. The van der Waals surface area contributed by atoms with Crippen LogP contribution in [0.4, 0.5) is 8.78 Å². The molecule has 0 saturated heterocycles. The number of rotatable bonds is 5. The molecule has 0 radical (unpaired) electrons. The third kappa shape index (κ3) is 2.69. The molecular weight excluding hydrogens is 278 g/mol. The summed E-state index contributed by atoms with van der Waals surface area (Å²) in [5.74, 6) is 0.598. The second kappa shape index (κ2) is 6.10. The van der Waals surface area contributed by atoms with Crippen molar-refractivity contribution in [2.75, 3.05) is 14.2 Å². The lowest BCUT2D eigenvalue weighted by molar-refractivity contribution is -0.0729. The van der Waals surface area contributed by atoms with Crippen LogP contribution in [0.15, 0.2) is 48.5 Å². The molecule has 0 bridgehead atoms. The number of hydrogen-bond donors (Lipinski definition) is 1. The second-order valence-corrected chi connectivity index (χ2v) is 4.50. The van der Waals surface area contributed by atoms with E-state index in [1.807, 2.05) is 0 Å². The molecule has 0 spiro atoms. The van der Waals surface area contributed by atoms with Crippen LogP contribution in [-0.2, 0) is 5.60 Å². The molecule has 0 amide bonds. The Kier molecular flexibility index (Phi) is 4.43. The van der Waals surface area contributed by atoms with Gasteiger partial charge in [0, 0.05) is 11.6 Å². The number of halogens is 2. The Labute approximate surface area is 121 Å². The van der Waals surface area contributed by atoms with E-state index in [-0.39, 0.29) is 16.9 Å². The molecule has 0 aliphatic heterocycles. The monoisotopic (exact) mass is 294 g/mol. The lowest BCUT2D eigenvalue weighted by Crippen LogP contribution is -2.36. The van der Waals surface area contributed by atoms with Gasteiger partial charge in [0.05, 0.1) is 14.2 Å². The molecule has 0 fully saturated rings. The number of methoxy groups -OCH3 is 2. The minimum atomic E-state index is -3.01. The Morgan fingerprint density at radius 2 is 1.67 bits per heavy atom. The molecule has 0 heterocycles. The molecule has 0 saturated carbocycles. The van der Waals surface area contributed by atoms with E-state index in [2.05, 4.69) is 0 Å². The summed E-state index contributed by atoms with van der Waals surface area (Å²) >= 11 is 0. The van der Waals surface area contributed by atoms with Gasteiger partial charge in [0.25, 0.3) is 6.43 Å². The largest absolute Gasteiger partial charge is 0.497 e. The van der Waals surface area contributed by atoms with Gasteiger partial charge in [-0.1, -0.05) is 30.3 Å². The van der Waals surface area contributed by atoms with Crippen molar-refractivity contribution in [3.05, 3.63) is 59.7 Å². The first kappa shape index (κ1) is 15.3. The number of ether oxygens (including phenoxy) is 2. The van der Waals surface area contributed by atoms with Gasteiger partial charge >= 0.3 is 0 Å². The van der Waals surface area contributed by atoms with Crippen LogP contribution in [0.5, 0.6) is 11.5 Å². The molecule has 1 unspecified atom stereocenters. The third-order valence-electron chi connectivity index (χ3n) is 3.35. The van der Waals surface area contributed by atoms with Crippen molar-refractivity contribution in [3.63, 3.8) is 0 Å². The maximum absolute atomic E-state index is 13.6. The Morgan fingerprint density at radius 1 is 1.00 bits per heavy atom. The van der Waals surface area contributed by atoms with Gasteiger partial charge in [0.15, 0.2) is 5.60 Å². The van der Waals surface area contributed by atoms with Gasteiger partial charge in [-0.2, -0.15) is 0 Å². The maximum Gasteiger partial charge on any atom is 0.275 e. The van der Waals surface area contributed by atoms with Gasteiger partial charge in [0.2, 0.25) is 0 Å². The average molecular weight is 294 g/mol. The predicted molar refractivity (Wildman–Crippen MR) is 75.0 cm³/mol. The van der Waals surface area contributed by atoms with Crippen molar-refractivity contribution in [1.82, 2.24) is 0 Å². The zero-order chi connectivity index (χ0) is 15.5. The quantitative estimate of drug-likeness (QED) is 0.920. The lowest BCUT2D eigenvalue weighted by atomic mass is 9.86. The maximum atomic E-state index is 13.6. The number of hydrogen-bond acceptors (Lipinski definition) is 3. The highest BCUT2D eigenvalue weighted by Gasteiger charge is 2.43. The van der Waals surface area contributed by atoms with Crippen LogP contribution in [0, 0.1) is 0 Å². The van der Waals surface area contributed by atoms with Crippen molar-refractivity contribution < 1.29 is 23.4 Å². The first-order valence-electron chi connectivity index (χ1n) is 6.32. The van der Waals surface area contributed by atoms with Crippen LogP contribution in [-0.4, -0.2) is 25.8 Å². The minimum absolute atomic E-state index is 0.00741. The van der Waals surface area contributed by atoms with Crippen molar-refractivity contribution >= 4 is 0 Å². The molecule has 0 aromatic heterocycles. The zero-order valence-corrected chi connectivity index (χ0v) is 11.7. The van der Waals surface area contributed by atoms with E-state index >= 15 is 0 Å². The van der Waals surface area contributed by atoms with Crippen LogP contribution in [0.3, 0.4) is 0 Å². The molecule has 112 valence electrons. The summed E-state index contributed by atoms with van der Waals surface area (Å²) in [6.45, 7) is 0. The molecule has 2 aromatic rings. The van der Waals surface area contributed by atoms with E-state index in [4.69, 9.17) is 9.47 Å². The first-order chi connectivity index (χ1) is 10.0. The summed E-state index contributed by atoms with van der Waals surface area (Å²) in [5, 5.41) is 10.6. The van der Waals surface area contributed by atoms with Gasteiger partial charge in [-0.3, -0.25) is 0 Å². The SMILES string of the molecule is COc1ccc(C(O)(c2ccccc2)C(F)F)c(OC)c1. The number of aliphatic hydroxyl groups is 1. The molecule has 5 heteroatoms. The third-order valence-corrected chi connectivity index (χ3v) is 3.35. The van der Waals surface area contributed by atoms with Crippen molar-refractivity contribution in [2.24, 2.45) is 0 Å². The smallest absolute Gasteiger partial charge is 0.275 e. The summed E-state index contributed by atoms with van der Waals surface area (Å²) < 4.78 is 37.4. The van der Waals surface area contributed by atoms with Gasteiger partial charge in [-0.15, -0.1) is 0 Å². The van der Waals surface area contributed by atoms with Gasteiger partial charge in [-0.05, 0) is 17.7 Å². The normalized spacial score (nSPS) is 13.8. The van der Waals surface area contributed by atoms with E-state index in [0.717, 1.165) is 0 Å². The average Bonchev–Trinajstić information content (AvgIpc) is 2.54. The molecule has 2 aromatic carbocycles. The molecule has 2 rings (SSSR count). The fourth-order valence-corrected chi connectivity index (χ4v) is 2.20. The van der Waals surface area contributed by atoms with Crippen LogP contribution >= 0.6 is 0 Å². The lowest BCUT2D eigenvalue weighted by Gasteiger charge is -2.29. The van der Waals surface area contributed by atoms with Crippen LogP contribution < -0.4 is 9.47 Å². The summed E-state index contributed by atoms with van der Waals surface area (Å²) in [4.78, 5) is 0. The summed E-state index contributed by atoms with van der Waals surface area (Å²) in [6, 6.07) is 12.2. The second-order valence-electron chi connectivity index (χ2n) is 4.50. The van der Waals surface area contributed by atoms with Crippen molar-refractivity contribution in [1.29, 1.82) is 0 Å². The van der Waals surface area contributed by atoms with E-state index in [0.29, 0.717) is 5.75 Å². The Hall–Kier alpha value is -2.14. The molecular formula is C16H16F2O3. The standard InChI is InChI=1S/C16H16F2O3/c1-20-12-8-9-13(14(10-12)21-2)16(19,15(17)18)11-6-4-3-5-7-11/h3-10,15,19H,1-2H3. The van der Waals surface area contributed by atoms with E-state index < -0.39 is 12.0 Å². The fraction of sp³-hybridized carbons (Fsp3) is 0.250. The summed E-state index contributed by atoms with van der Waals surface area (Å²) in [5.41, 5.74) is -2.35. The number of benzene rings is 2. The molecule has 21 heavy (non-hydrogen) atoms. The molecule has 1 N–H and O–H groups in total. The number of alkyl halides is 2. The molecule has 0 aliphatic rings. The fourth-order valence-electron chi connectivity index (χ4n) is 2.20. The van der Waals surface area contributed by atoms with Gasteiger partial charge in [0.1, 0.15) is 11.5 Å². The highest BCUT2D eigenvalue weighted by atomic mass is 19.3. The van der Waals surface area contributed by atoms with E-state index in [1.54, 1.807) is 18.2 Å². The molecule has 3 nitrogen and oxygen atoms in total. The van der Waals surface area contributed by atoms with Crippen molar-refractivity contribution in [2.45, 2.75) is 12.0 Å². The van der Waals surface area contributed by atoms with Crippen LogP contribution in [0.25, 0.3) is 0 Å².